The third-order valence-corrected chi connectivity index (χ3v) is 2.43. The van der Waals surface area contributed by atoms with Crippen LogP contribution in [-0.4, -0.2) is 5.11 Å². The highest BCUT2D eigenvalue weighted by Crippen LogP contribution is 2.03. The summed E-state index contributed by atoms with van der Waals surface area (Å²) in [5.74, 6) is -0.374. The summed E-state index contributed by atoms with van der Waals surface area (Å²) >= 11 is 0. The molecule has 2 rings (SSSR count). The van der Waals surface area contributed by atoms with E-state index in [9.17, 15) is 4.39 Å². The van der Waals surface area contributed by atoms with Crippen LogP contribution in [0.25, 0.3) is 0 Å². The summed E-state index contributed by atoms with van der Waals surface area (Å²) in [6.45, 7) is 0.363. The van der Waals surface area contributed by atoms with Gasteiger partial charge < -0.3 is 22.1 Å². The highest BCUT2D eigenvalue weighted by molar-refractivity contribution is 5.13. The zero-order valence-electron chi connectivity index (χ0n) is 9.18. The van der Waals surface area contributed by atoms with E-state index in [-0.39, 0.29) is 29.4 Å². The van der Waals surface area contributed by atoms with Crippen molar-refractivity contribution in [2.75, 3.05) is 0 Å². The van der Waals surface area contributed by atoms with Crippen molar-refractivity contribution in [3.8, 4) is 0 Å². The van der Waals surface area contributed by atoms with E-state index in [1.807, 2.05) is 30.3 Å². The summed E-state index contributed by atoms with van der Waals surface area (Å²) in [4.78, 5) is 0. The molecule has 4 heteroatoms. The second kappa shape index (κ2) is 6.47. The van der Waals surface area contributed by atoms with Gasteiger partial charge in [-0.15, -0.1) is 0 Å². The maximum atomic E-state index is 13.4. The van der Waals surface area contributed by atoms with Gasteiger partial charge in [0, 0.05) is 17.2 Å². The summed E-state index contributed by atoms with van der Waals surface area (Å²) in [5.41, 5.74) is 1.44. The van der Waals surface area contributed by atoms with Crippen LogP contribution in [0.2, 0.25) is 0 Å². The maximum Gasteiger partial charge on any atom is 0.205 e. The molecule has 0 bridgehead atoms. The molecule has 0 aliphatic rings. The van der Waals surface area contributed by atoms with Crippen LogP contribution >= 0.6 is 0 Å². The van der Waals surface area contributed by atoms with Crippen molar-refractivity contribution < 1.29 is 31.0 Å². The van der Waals surface area contributed by atoms with Crippen LogP contribution in [-0.2, 0) is 13.2 Å². The molecule has 1 heterocycles. The number of pyridine rings is 1. The van der Waals surface area contributed by atoms with Gasteiger partial charge in [-0.2, -0.15) is 8.96 Å². The summed E-state index contributed by atoms with van der Waals surface area (Å²) in [7, 11) is 0. The van der Waals surface area contributed by atoms with Gasteiger partial charge in [0.15, 0.2) is 18.6 Å². The van der Waals surface area contributed by atoms with Crippen molar-refractivity contribution in [1.29, 1.82) is 0 Å². The largest absolute Gasteiger partial charge is 1.00 e. The number of aromatic nitrogens is 1. The number of aliphatic hydroxyl groups excluding tert-OH is 1. The number of benzene rings is 1. The number of hydrogen-bond acceptors (Lipinski definition) is 1. The fourth-order valence-electron chi connectivity index (χ4n) is 1.56. The first-order valence-electron chi connectivity index (χ1n) is 5.12. The molecule has 0 unspecified atom stereocenters. The van der Waals surface area contributed by atoms with Crippen LogP contribution in [0.4, 0.5) is 4.39 Å². The zero-order chi connectivity index (χ0) is 11.4. The van der Waals surface area contributed by atoms with E-state index in [2.05, 4.69) is 0 Å². The van der Waals surface area contributed by atoms with Gasteiger partial charge in [0.2, 0.25) is 6.20 Å². The Kier molecular flexibility index (Phi) is 5.25. The molecule has 90 valence electrons. The van der Waals surface area contributed by atoms with E-state index in [1.54, 1.807) is 16.8 Å². The first-order chi connectivity index (χ1) is 7.79. The molecule has 0 saturated heterocycles. The van der Waals surface area contributed by atoms with Crippen molar-refractivity contribution in [3.63, 3.8) is 0 Å². The van der Waals surface area contributed by atoms with Gasteiger partial charge in [0.25, 0.3) is 0 Å². The molecule has 0 aliphatic heterocycles. The molecule has 0 saturated carbocycles. The quantitative estimate of drug-likeness (QED) is 0.697. The smallest absolute Gasteiger partial charge is 0.205 e. The predicted molar refractivity (Wildman–Crippen MR) is 58.1 cm³/mol. The third-order valence-electron chi connectivity index (χ3n) is 2.43. The topological polar surface area (TPSA) is 24.1 Å². The Balaban J connectivity index is 0.00000144. The van der Waals surface area contributed by atoms with Crippen molar-refractivity contribution in [2.45, 2.75) is 13.2 Å². The fourth-order valence-corrected chi connectivity index (χ4v) is 1.56. The van der Waals surface area contributed by atoms with E-state index in [1.165, 1.54) is 6.20 Å². The van der Waals surface area contributed by atoms with Crippen LogP contribution in [0.15, 0.2) is 48.8 Å². The lowest BCUT2D eigenvalue weighted by atomic mass is 10.2. The summed E-state index contributed by atoms with van der Waals surface area (Å²) in [5, 5.41) is 8.85. The van der Waals surface area contributed by atoms with Gasteiger partial charge in [0.1, 0.15) is 0 Å². The maximum absolute atomic E-state index is 13.4. The van der Waals surface area contributed by atoms with Gasteiger partial charge in [-0.1, -0.05) is 30.3 Å². The molecule has 0 radical (unpaired) electrons. The number of aliphatic hydroxyl groups is 1. The van der Waals surface area contributed by atoms with Gasteiger partial charge in [-0.25, -0.2) is 0 Å². The van der Waals surface area contributed by atoms with Crippen LogP contribution in [0.5, 0.6) is 0 Å². The molecule has 0 aliphatic carbocycles. The molecule has 0 spiro atoms. The van der Waals surface area contributed by atoms with Crippen LogP contribution in [0.1, 0.15) is 11.1 Å². The molecule has 1 N–H and O–H groups in total. The highest BCUT2D eigenvalue weighted by Gasteiger charge is 2.08. The lowest BCUT2D eigenvalue weighted by Gasteiger charge is -2.00. The molecule has 0 fully saturated rings. The van der Waals surface area contributed by atoms with Gasteiger partial charge in [-0.3, -0.25) is 0 Å². The van der Waals surface area contributed by atoms with Crippen LogP contribution in [0.3, 0.4) is 0 Å². The SMILES string of the molecule is OCc1cc[n+](Cc2ccccc2)cc1F.[Br-]. The molecule has 1 aromatic heterocycles. The van der Waals surface area contributed by atoms with Crippen molar-refractivity contribution in [1.82, 2.24) is 0 Å². The summed E-state index contributed by atoms with van der Waals surface area (Å²) < 4.78 is 15.1. The Bertz CT molecular complexity index is 476. The first-order valence-corrected chi connectivity index (χ1v) is 5.12. The van der Waals surface area contributed by atoms with Crippen molar-refractivity contribution >= 4 is 0 Å². The Hall–Kier alpha value is -1.26. The number of nitrogens with zero attached hydrogens (tertiary/aromatic N) is 1. The average Bonchev–Trinajstić information content (AvgIpc) is 2.31. The molecule has 0 atom stereocenters. The van der Waals surface area contributed by atoms with Gasteiger partial charge in [0.05, 0.1) is 6.61 Å². The molecule has 2 nitrogen and oxygen atoms in total. The minimum absolute atomic E-state index is 0. The predicted octanol–water partition coefficient (Wildman–Crippen LogP) is -1.34. The monoisotopic (exact) mass is 297 g/mol. The second-order valence-electron chi connectivity index (χ2n) is 3.63. The Morgan fingerprint density at radius 1 is 1.12 bits per heavy atom. The Morgan fingerprint density at radius 3 is 2.41 bits per heavy atom. The second-order valence-corrected chi connectivity index (χ2v) is 3.63. The van der Waals surface area contributed by atoms with E-state index in [0.29, 0.717) is 12.1 Å². The molecule has 0 amide bonds. The highest BCUT2D eigenvalue weighted by atomic mass is 79.9. The zero-order valence-corrected chi connectivity index (χ0v) is 10.8. The fraction of sp³-hybridized carbons (Fsp3) is 0.154. The summed E-state index contributed by atoms with van der Waals surface area (Å²) in [6, 6.07) is 11.4. The average molecular weight is 298 g/mol. The molecule has 17 heavy (non-hydrogen) atoms. The number of rotatable bonds is 3. The minimum Gasteiger partial charge on any atom is -1.00 e. The van der Waals surface area contributed by atoms with E-state index < -0.39 is 0 Å². The van der Waals surface area contributed by atoms with Gasteiger partial charge in [-0.05, 0) is 0 Å². The molecular formula is C13H13BrFNO. The Labute approximate surface area is 110 Å². The number of halogens is 2. The van der Waals surface area contributed by atoms with Crippen molar-refractivity contribution in [2.24, 2.45) is 0 Å². The third kappa shape index (κ3) is 3.61. The summed E-state index contributed by atoms with van der Waals surface area (Å²) in [6.07, 6.45) is 3.17. The lowest BCUT2D eigenvalue weighted by Crippen LogP contribution is -3.00. The number of hydrogen-bond donors (Lipinski definition) is 1. The standard InChI is InChI=1S/C13H13FNO.BrH/c14-13-9-15(7-6-12(13)10-16)8-11-4-2-1-3-5-11;/h1-7,9,16H,8,10H2;1H/q+1;/p-1. The molecule has 2 aromatic rings. The van der Waals surface area contributed by atoms with Gasteiger partial charge >= 0.3 is 0 Å². The van der Waals surface area contributed by atoms with Crippen molar-refractivity contribution in [3.05, 3.63) is 65.7 Å². The lowest BCUT2D eigenvalue weighted by molar-refractivity contribution is -0.689. The van der Waals surface area contributed by atoms with Crippen LogP contribution < -0.4 is 21.5 Å². The normalized spacial score (nSPS) is 9.76. The molecular weight excluding hydrogens is 285 g/mol. The van der Waals surface area contributed by atoms with E-state index >= 15 is 0 Å². The minimum atomic E-state index is -0.374. The van der Waals surface area contributed by atoms with E-state index in [0.717, 1.165) is 5.56 Å². The van der Waals surface area contributed by atoms with Crippen LogP contribution in [0, 0.1) is 5.82 Å². The first kappa shape index (κ1) is 13.8. The van der Waals surface area contributed by atoms with E-state index in [4.69, 9.17) is 5.11 Å². The molecule has 1 aromatic carbocycles. The Morgan fingerprint density at radius 2 is 1.82 bits per heavy atom.